The number of hydrogen-bond donors (Lipinski definition) is 2. The van der Waals surface area contributed by atoms with Crippen LogP contribution in [0.5, 0.6) is 5.75 Å². The number of amides is 1. The van der Waals surface area contributed by atoms with Crippen LogP contribution < -0.4 is 5.32 Å². The van der Waals surface area contributed by atoms with Crippen molar-refractivity contribution in [3.8, 4) is 5.75 Å². The first-order valence-corrected chi connectivity index (χ1v) is 5.76. The normalized spacial score (nSPS) is 18.3. The third-order valence-electron chi connectivity index (χ3n) is 3.26. The molecule has 0 spiro atoms. The van der Waals surface area contributed by atoms with Crippen molar-refractivity contribution in [2.45, 2.75) is 12.3 Å². The Hall–Kier alpha value is -2.30. The highest BCUT2D eigenvalue weighted by atomic mass is 16.3. The predicted molar refractivity (Wildman–Crippen MR) is 66.4 cm³/mol. The minimum absolute atomic E-state index is 0.0283. The van der Waals surface area contributed by atoms with Crippen LogP contribution in [-0.2, 0) is 11.8 Å². The zero-order valence-electron chi connectivity index (χ0n) is 9.92. The van der Waals surface area contributed by atoms with Crippen LogP contribution in [0.4, 0.5) is 5.82 Å². The van der Waals surface area contributed by atoms with E-state index in [0.717, 1.165) is 16.9 Å². The molecule has 0 bridgehead atoms. The number of carbonyl (C=O) groups is 1. The van der Waals surface area contributed by atoms with Crippen molar-refractivity contribution in [2.24, 2.45) is 7.05 Å². The Morgan fingerprint density at radius 3 is 3.11 bits per heavy atom. The molecule has 0 radical (unpaired) electrons. The number of rotatable bonds is 1. The van der Waals surface area contributed by atoms with Gasteiger partial charge >= 0.3 is 0 Å². The average molecular weight is 243 g/mol. The molecule has 2 aromatic rings. The lowest BCUT2D eigenvalue weighted by atomic mass is 9.87. The van der Waals surface area contributed by atoms with E-state index in [1.54, 1.807) is 36.1 Å². The summed E-state index contributed by atoms with van der Waals surface area (Å²) in [6, 6.07) is 7.02. The lowest BCUT2D eigenvalue weighted by Gasteiger charge is -2.23. The SMILES string of the molecule is Cn1ncc2c1NC(=O)CC2c1cccc(O)c1. The first kappa shape index (κ1) is 10.8. The monoisotopic (exact) mass is 243 g/mol. The molecule has 0 fully saturated rings. The Balaban J connectivity index is 2.10. The number of benzene rings is 1. The molecule has 2 heterocycles. The number of anilines is 1. The molecule has 5 heteroatoms. The molecule has 1 aliphatic rings. The summed E-state index contributed by atoms with van der Waals surface area (Å²) in [5.74, 6) is 0.873. The maximum absolute atomic E-state index is 11.7. The lowest BCUT2D eigenvalue weighted by molar-refractivity contribution is -0.116. The van der Waals surface area contributed by atoms with E-state index in [-0.39, 0.29) is 17.6 Å². The number of fused-ring (bicyclic) bond motifs is 1. The second kappa shape index (κ2) is 3.87. The Morgan fingerprint density at radius 2 is 2.33 bits per heavy atom. The number of phenolic OH excluding ortho intramolecular Hbond substituents is 1. The van der Waals surface area contributed by atoms with Gasteiger partial charge < -0.3 is 10.4 Å². The zero-order chi connectivity index (χ0) is 12.7. The van der Waals surface area contributed by atoms with Crippen molar-refractivity contribution in [3.63, 3.8) is 0 Å². The average Bonchev–Trinajstić information content (AvgIpc) is 2.70. The fourth-order valence-corrected chi connectivity index (χ4v) is 2.38. The van der Waals surface area contributed by atoms with E-state index in [9.17, 15) is 9.90 Å². The van der Waals surface area contributed by atoms with Gasteiger partial charge in [0.15, 0.2) is 0 Å². The molecule has 1 aromatic heterocycles. The van der Waals surface area contributed by atoms with E-state index < -0.39 is 0 Å². The summed E-state index contributed by atoms with van der Waals surface area (Å²) in [4.78, 5) is 11.7. The fraction of sp³-hybridized carbons (Fsp3) is 0.231. The first-order chi connectivity index (χ1) is 8.65. The lowest BCUT2D eigenvalue weighted by Crippen LogP contribution is -2.24. The summed E-state index contributed by atoms with van der Waals surface area (Å²) in [6.07, 6.45) is 2.14. The van der Waals surface area contributed by atoms with Crippen LogP contribution in [0.3, 0.4) is 0 Å². The number of aromatic hydroxyl groups is 1. The predicted octanol–water partition coefficient (Wildman–Crippen LogP) is 1.60. The number of nitrogens with one attached hydrogen (secondary N) is 1. The van der Waals surface area contributed by atoms with Crippen LogP contribution in [0.1, 0.15) is 23.5 Å². The molecule has 1 aliphatic heterocycles. The molecule has 0 saturated carbocycles. The molecule has 5 nitrogen and oxygen atoms in total. The smallest absolute Gasteiger partial charge is 0.226 e. The second-order valence-electron chi connectivity index (χ2n) is 4.47. The summed E-state index contributed by atoms with van der Waals surface area (Å²) >= 11 is 0. The van der Waals surface area contributed by atoms with Gasteiger partial charge in [0.25, 0.3) is 0 Å². The second-order valence-corrected chi connectivity index (χ2v) is 4.47. The van der Waals surface area contributed by atoms with Crippen molar-refractivity contribution in [3.05, 3.63) is 41.6 Å². The molecule has 18 heavy (non-hydrogen) atoms. The highest BCUT2D eigenvalue weighted by Crippen LogP contribution is 2.37. The van der Waals surface area contributed by atoms with Crippen LogP contribution in [0.25, 0.3) is 0 Å². The number of aromatic nitrogens is 2. The molecule has 3 rings (SSSR count). The molecule has 1 atom stereocenters. The molecule has 1 amide bonds. The van der Waals surface area contributed by atoms with E-state index in [4.69, 9.17) is 0 Å². The van der Waals surface area contributed by atoms with Gasteiger partial charge in [0.2, 0.25) is 5.91 Å². The molecular formula is C13H13N3O2. The highest BCUT2D eigenvalue weighted by molar-refractivity contribution is 5.94. The number of nitrogens with zero attached hydrogens (tertiary/aromatic N) is 2. The first-order valence-electron chi connectivity index (χ1n) is 5.76. The van der Waals surface area contributed by atoms with Crippen LogP contribution >= 0.6 is 0 Å². The largest absolute Gasteiger partial charge is 0.508 e. The third-order valence-corrected chi connectivity index (χ3v) is 3.26. The van der Waals surface area contributed by atoms with Crippen LogP contribution in [0.2, 0.25) is 0 Å². The summed E-state index contributed by atoms with van der Waals surface area (Å²) < 4.78 is 1.65. The van der Waals surface area contributed by atoms with E-state index in [2.05, 4.69) is 10.4 Å². The maximum atomic E-state index is 11.7. The van der Waals surface area contributed by atoms with E-state index in [1.807, 2.05) is 6.07 Å². The van der Waals surface area contributed by atoms with Crippen molar-refractivity contribution in [2.75, 3.05) is 5.32 Å². The number of carbonyl (C=O) groups excluding carboxylic acids is 1. The summed E-state index contributed by atoms with van der Waals surface area (Å²) in [7, 11) is 1.80. The van der Waals surface area contributed by atoms with Crippen molar-refractivity contribution < 1.29 is 9.90 Å². The minimum atomic E-state index is -0.0467. The summed E-state index contributed by atoms with van der Waals surface area (Å²) in [5, 5.41) is 16.5. The Labute approximate surface area is 104 Å². The minimum Gasteiger partial charge on any atom is -0.508 e. The Morgan fingerprint density at radius 1 is 1.50 bits per heavy atom. The van der Waals surface area contributed by atoms with Gasteiger partial charge in [0.05, 0.1) is 6.20 Å². The molecule has 0 saturated heterocycles. The number of aryl methyl sites for hydroxylation is 1. The topological polar surface area (TPSA) is 67.2 Å². The fourth-order valence-electron chi connectivity index (χ4n) is 2.38. The van der Waals surface area contributed by atoms with Gasteiger partial charge in [-0.3, -0.25) is 9.48 Å². The van der Waals surface area contributed by atoms with Gasteiger partial charge in [-0.15, -0.1) is 0 Å². The summed E-state index contributed by atoms with van der Waals surface area (Å²) in [5.41, 5.74) is 1.92. The van der Waals surface area contributed by atoms with Gasteiger partial charge in [0, 0.05) is 24.9 Å². The Kier molecular flexibility index (Phi) is 2.33. The number of phenols is 1. The maximum Gasteiger partial charge on any atom is 0.226 e. The van der Waals surface area contributed by atoms with Crippen molar-refractivity contribution >= 4 is 11.7 Å². The molecule has 92 valence electrons. The van der Waals surface area contributed by atoms with Crippen LogP contribution in [0.15, 0.2) is 30.5 Å². The molecular weight excluding hydrogens is 230 g/mol. The molecule has 1 unspecified atom stereocenters. The molecule has 0 aliphatic carbocycles. The van der Waals surface area contributed by atoms with Gasteiger partial charge in [0.1, 0.15) is 11.6 Å². The summed E-state index contributed by atoms with van der Waals surface area (Å²) in [6.45, 7) is 0. The van der Waals surface area contributed by atoms with Gasteiger partial charge in [-0.2, -0.15) is 5.10 Å². The molecule has 1 aromatic carbocycles. The van der Waals surface area contributed by atoms with E-state index in [0.29, 0.717) is 6.42 Å². The third kappa shape index (κ3) is 1.64. The highest BCUT2D eigenvalue weighted by Gasteiger charge is 2.29. The number of hydrogen-bond acceptors (Lipinski definition) is 3. The standard InChI is InChI=1S/C13H13N3O2/c1-16-13-11(7-14-16)10(6-12(18)15-13)8-3-2-4-9(17)5-8/h2-5,7,10,17H,6H2,1H3,(H,15,18). The van der Waals surface area contributed by atoms with Gasteiger partial charge in [-0.25, -0.2) is 0 Å². The van der Waals surface area contributed by atoms with Crippen LogP contribution in [0, 0.1) is 0 Å². The quantitative estimate of drug-likeness (QED) is 0.799. The van der Waals surface area contributed by atoms with Crippen molar-refractivity contribution in [1.29, 1.82) is 0 Å². The van der Waals surface area contributed by atoms with Gasteiger partial charge in [-0.1, -0.05) is 12.1 Å². The van der Waals surface area contributed by atoms with E-state index >= 15 is 0 Å². The Bertz CT molecular complexity index is 618. The van der Waals surface area contributed by atoms with Crippen LogP contribution in [-0.4, -0.2) is 20.8 Å². The van der Waals surface area contributed by atoms with Gasteiger partial charge in [-0.05, 0) is 17.7 Å². The van der Waals surface area contributed by atoms with Crippen molar-refractivity contribution in [1.82, 2.24) is 9.78 Å². The molecule has 2 N–H and O–H groups in total. The van der Waals surface area contributed by atoms with E-state index in [1.165, 1.54) is 0 Å². The zero-order valence-corrected chi connectivity index (χ0v) is 9.92.